The maximum absolute atomic E-state index is 9.34. The number of hydrogen-bond donors (Lipinski definition) is 2. The standard InChI is InChI=1S/C15H23NO3/c1-11(2)7-13(10-17)16-9-12-3-4-14-15(8-12)19-6-5-18-14/h3-4,8,11,13,16-17H,5-7,9-10H2,1-2H3/t13-/m0/s1. The van der Waals surface area contributed by atoms with Gasteiger partial charge in [-0.05, 0) is 30.0 Å². The summed E-state index contributed by atoms with van der Waals surface area (Å²) in [5, 5.41) is 12.7. The van der Waals surface area contributed by atoms with Crippen molar-refractivity contribution in [2.45, 2.75) is 32.9 Å². The van der Waals surface area contributed by atoms with Crippen molar-refractivity contribution in [1.82, 2.24) is 5.32 Å². The molecule has 4 nitrogen and oxygen atoms in total. The van der Waals surface area contributed by atoms with Gasteiger partial charge in [-0.3, -0.25) is 0 Å². The Bertz CT molecular complexity index is 406. The SMILES string of the molecule is CC(C)C[C@@H](CO)NCc1ccc2c(c1)OCCO2. The van der Waals surface area contributed by atoms with Crippen molar-refractivity contribution < 1.29 is 14.6 Å². The first-order valence-corrected chi connectivity index (χ1v) is 6.92. The molecule has 1 heterocycles. The number of hydrogen-bond acceptors (Lipinski definition) is 4. The molecule has 0 unspecified atom stereocenters. The maximum Gasteiger partial charge on any atom is 0.161 e. The van der Waals surface area contributed by atoms with Crippen LogP contribution in [0.5, 0.6) is 11.5 Å². The van der Waals surface area contributed by atoms with Crippen LogP contribution in [0.25, 0.3) is 0 Å². The summed E-state index contributed by atoms with van der Waals surface area (Å²) >= 11 is 0. The van der Waals surface area contributed by atoms with Crippen molar-refractivity contribution in [3.8, 4) is 11.5 Å². The number of ether oxygens (including phenoxy) is 2. The molecule has 0 aromatic heterocycles. The molecule has 1 aromatic rings. The number of nitrogens with one attached hydrogen (secondary N) is 1. The van der Waals surface area contributed by atoms with Gasteiger partial charge in [0.1, 0.15) is 13.2 Å². The van der Waals surface area contributed by atoms with E-state index in [0.29, 0.717) is 19.1 Å². The van der Waals surface area contributed by atoms with Crippen molar-refractivity contribution in [2.75, 3.05) is 19.8 Å². The lowest BCUT2D eigenvalue weighted by Gasteiger charge is -2.21. The maximum atomic E-state index is 9.34. The van der Waals surface area contributed by atoms with E-state index in [1.165, 1.54) is 0 Å². The number of aliphatic hydroxyl groups excluding tert-OH is 1. The number of fused-ring (bicyclic) bond motifs is 1. The van der Waals surface area contributed by atoms with Gasteiger partial charge in [-0.15, -0.1) is 0 Å². The molecule has 0 radical (unpaired) electrons. The summed E-state index contributed by atoms with van der Waals surface area (Å²) in [7, 11) is 0. The van der Waals surface area contributed by atoms with Crippen LogP contribution < -0.4 is 14.8 Å². The Kier molecular flexibility index (Phi) is 5.05. The van der Waals surface area contributed by atoms with Gasteiger partial charge >= 0.3 is 0 Å². The average Bonchev–Trinajstić information content (AvgIpc) is 2.42. The average molecular weight is 265 g/mol. The Morgan fingerprint density at radius 1 is 1.21 bits per heavy atom. The Labute approximate surface area is 114 Å². The summed E-state index contributed by atoms with van der Waals surface area (Å²) in [5.41, 5.74) is 1.14. The van der Waals surface area contributed by atoms with E-state index in [-0.39, 0.29) is 12.6 Å². The molecule has 2 N–H and O–H groups in total. The summed E-state index contributed by atoms with van der Waals surface area (Å²) in [6.45, 7) is 6.45. The third-order valence-electron chi connectivity index (χ3n) is 3.18. The lowest BCUT2D eigenvalue weighted by Crippen LogP contribution is -2.33. The van der Waals surface area contributed by atoms with Crippen LogP contribution in [-0.4, -0.2) is 31.0 Å². The van der Waals surface area contributed by atoms with Crippen LogP contribution in [0.15, 0.2) is 18.2 Å². The van der Waals surface area contributed by atoms with Gasteiger partial charge in [-0.2, -0.15) is 0 Å². The van der Waals surface area contributed by atoms with E-state index in [9.17, 15) is 5.11 Å². The topological polar surface area (TPSA) is 50.7 Å². The van der Waals surface area contributed by atoms with E-state index in [2.05, 4.69) is 19.2 Å². The summed E-state index contributed by atoms with van der Waals surface area (Å²) in [5.74, 6) is 2.20. The zero-order chi connectivity index (χ0) is 13.7. The van der Waals surface area contributed by atoms with E-state index < -0.39 is 0 Å². The summed E-state index contributed by atoms with van der Waals surface area (Å²) in [6, 6.07) is 6.13. The number of aliphatic hydroxyl groups is 1. The molecule has 1 aliphatic rings. The molecular weight excluding hydrogens is 242 g/mol. The van der Waals surface area contributed by atoms with Crippen LogP contribution in [0, 0.1) is 5.92 Å². The van der Waals surface area contributed by atoms with Crippen molar-refractivity contribution in [3.05, 3.63) is 23.8 Å². The van der Waals surface area contributed by atoms with Crippen LogP contribution in [-0.2, 0) is 6.54 Å². The van der Waals surface area contributed by atoms with Crippen LogP contribution in [0.3, 0.4) is 0 Å². The van der Waals surface area contributed by atoms with Crippen LogP contribution in [0.4, 0.5) is 0 Å². The normalized spacial score (nSPS) is 15.6. The predicted octanol–water partition coefficient (Wildman–Crippen LogP) is 1.95. The highest BCUT2D eigenvalue weighted by atomic mass is 16.6. The van der Waals surface area contributed by atoms with Crippen molar-refractivity contribution in [1.29, 1.82) is 0 Å². The minimum Gasteiger partial charge on any atom is -0.486 e. The Balaban J connectivity index is 1.92. The Hall–Kier alpha value is -1.26. The number of benzene rings is 1. The molecule has 4 heteroatoms. The minimum atomic E-state index is 0.146. The van der Waals surface area contributed by atoms with Crippen molar-refractivity contribution in [2.24, 2.45) is 5.92 Å². The van der Waals surface area contributed by atoms with Gasteiger partial charge < -0.3 is 19.9 Å². The fourth-order valence-corrected chi connectivity index (χ4v) is 2.25. The molecule has 106 valence electrons. The van der Waals surface area contributed by atoms with Gasteiger partial charge in [0.05, 0.1) is 6.61 Å². The third kappa shape index (κ3) is 4.11. The van der Waals surface area contributed by atoms with Gasteiger partial charge in [-0.1, -0.05) is 19.9 Å². The third-order valence-corrected chi connectivity index (χ3v) is 3.18. The van der Waals surface area contributed by atoms with E-state index in [1.54, 1.807) is 0 Å². The van der Waals surface area contributed by atoms with Gasteiger partial charge in [-0.25, -0.2) is 0 Å². The van der Waals surface area contributed by atoms with Crippen molar-refractivity contribution in [3.63, 3.8) is 0 Å². The van der Waals surface area contributed by atoms with E-state index in [0.717, 1.165) is 30.0 Å². The second-order valence-electron chi connectivity index (χ2n) is 5.37. The second kappa shape index (κ2) is 6.78. The molecule has 1 atom stereocenters. The largest absolute Gasteiger partial charge is 0.486 e. The summed E-state index contributed by atoms with van der Waals surface area (Å²) < 4.78 is 11.1. The fourth-order valence-electron chi connectivity index (χ4n) is 2.25. The smallest absolute Gasteiger partial charge is 0.161 e. The molecule has 0 bridgehead atoms. The van der Waals surface area contributed by atoms with Gasteiger partial charge in [0.2, 0.25) is 0 Å². The number of rotatable bonds is 6. The van der Waals surface area contributed by atoms with E-state index >= 15 is 0 Å². The van der Waals surface area contributed by atoms with E-state index in [1.807, 2.05) is 18.2 Å². The first-order chi connectivity index (χ1) is 9.19. The second-order valence-corrected chi connectivity index (χ2v) is 5.37. The molecule has 1 aliphatic heterocycles. The Morgan fingerprint density at radius 2 is 1.95 bits per heavy atom. The molecule has 1 aromatic carbocycles. The van der Waals surface area contributed by atoms with Crippen LogP contribution in [0.1, 0.15) is 25.8 Å². The molecular formula is C15H23NO3. The zero-order valence-corrected chi connectivity index (χ0v) is 11.7. The molecule has 19 heavy (non-hydrogen) atoms. The molecule has 0 amide bonds. The monoisotopic (exact) mass is 265 g/mol. The molecule has 0 fully saturated rings. The van der Waals surface area contributed by atoms with Crippen molar-refractivity contribution >= 4 is 0 Å². The fraction of sp³-hybridized carbons (Fsp3) is 0.600. The van der Waals surface area contributed by atoms with Gasteiger partial charge in [0.25, 0.3) is 0 Å². The highest BCUT2D eigenvalue weighted by Gasteiger charge is 2.13. The minimum absolute atomic E-state index is 0.146. The van der Waals surface area contributed by atoms with Crippen LogP contribution >= 0.6 is 0 Å². The van der Waals surface area contributed by atoms with Crippen LogP contribution in [0.2, 0.25) is 0 Å². The first-order valence-electron chi connectivity index (χ1n) is 6.92. The highest BCUT2D eigenvalue weighted by Crippen LogP contribution is 2.30. The van der Waals surface area contributed by atoms with Gasteiger partial charge in [0.15, 0.2) is 11.5 Å². The molecule has 0 saturated carbocycles. The molecule has 2 rings (SSSR count). The molecule has 0 aliphatic carbocycles. The highest BCUT2D eigenvalue weighted by molar-refractivity contribution is 5.43. The first kappa shape index (κ1) is 14.2. The molecule has 0 spiro atoms. The van der Waals surface area contributed by atoms with Gasteiger partial charge in [0, 0.05) is 12.6 Å². The lowest BCUT2D eigenvalue weighted by molar-refractivity contribution is 0.171. The zero-order valence-electron chi connectivity index (χ0n) is 11.7. The summed E-state index contributed by atoms with van der Waals surface area (Å²) in [6.07, 6.45) is 0.973. The lowest BCUT2D eigenvalue weighted by atomic mass is 10.0. The Morgan fingerprint density at radius 3 is 2.63 bits per heavy atom. The van der Waals surface area contributed by atoms with E-state index in [4.69, 9.17) is 9.47 Å². The quantitative estimate of drug-likeness (QED) is 0.825. The molecule has 0 saturated heterocycles. The summed E-state index contributed by atoms with van der Waals surface area (Å²) in [4.78, 5) is 0. The predicted molar refractivity (Wildman–Crippen MR) is 74.6 cm³/mol.